The zero-order valence-electron chi connectivity index (χ0n) is 18.0. The van der Waals surface area contributed by atoms with Gasteiger partial charge in [0.25, 0.3) is 11.8 Å². The average molecular weight is 428 g/mol. The molecule has 8 nitrogen and oxygen atoms in total. The lowest BCUT2D eigenvalue weighted by Gasteiger charge is -2.24. The van der Waals surface area contributed by atoms with Crippen LogP contribution < -0.4 is 10.1 Å². The summed E-state index contributed by atoms with van der Waals surface area (Å²) >= 11 is 0. The molecule has 0 saturated heterocycles. The van der Waals surface area contributed by atoms with Crippen LogP contribution >= 0.6 is 0 Å². The first kappa shape index (κ1) is 22.4. The minimum Gasteiger partial charge on any atom is -0.497 e. The summed E-state index contributed by atoms with van der Waals surface area (Å²) in [5.41, 5.74) is 0.971. The van der Waals surface area contributed by atoms with E-state index in [1.807, 2.05) is 24.3 Å². The Morgan fingerprint density at radius 3 is 2.42 bits per heavy atom. The topological polar surface area (TPSA) is 98.1 Å². The molecule has 1 aliphatic rings. The Bertz CT molecular complexity index is 887. The summed E-state index contributed by atoms with van der Waals surface area (Å²) in [5, 5.41) is 2.61. The Kier molecular flexibility index (Phi) is 7.33. The van der Waals surface area contributed by atoms with Crippen molar-refractivity contribution in [1.29, 1.82) is 0 Å². The maximum Gasteiger partial charge on any atom is 0.329 e. The van der Waals surface area contributed by atoms with Crippen molar-refractivity contribution in [2.75, 3.05) is 13.7 Å². The molecule has 8 heteroatoms. The fourth-order valence-corrected chi connectivity index (χ4v) is 3.16. The fourth-order valence-electron chi connectivity index (χ4n) is 3.16. The molecule has 1 N–H and O–H groups in total. The van der Waals surface area contributed by atoms with Crippen molar-refractivity contribution in [1.82, 2.24) is 10.2 Å². The van der Waals surface area contributed by atoms with Gasteiger partial charge in [0.15, 0.2) is 12.4 Å². The van der Waals surface area contributed by atoms with Gasteiger partial charge in [-0.1, -0.05) is 26.0 Å². The van der Waals surface area contributed by atoms with Crippen molar-refractivity contribution in [2.45, 2.75) is 45.3 Å². The van der Waals surface area contributed by atoms with Crippen molar-refractivity contribution in [3.63, 3.8) is 0 Å². The van der Waals surface area contributed by atoms with Crippen LogP contribution in [0.5, 0.6) is 5.75 Å². The van der Waals surface area contributed by atoms with Crippen LogP contribution in [0.3, 0.4) is 0 Å². The lowest BCUT2D eigenvalue weighted by molar-refractivity contribution is -0.155. The van der Waals surface area contributed by atoms with Gasteiger partial charge in [0.05, 0.1) is 13.4 Å². The Morgan fingerprint density at radius 2 is 1.87 bits per heavy atom. The minimum absolute atomic E-state index is 0.105. The first-order valence-corrected chi connectivity index (χ1v) is 10.3. The van der Waals surface area contributed by atoms with Gasteiger partial charge in [-0.2, -0.15) is 0 Å². The zero-order chi connectivity index (χ0) is 22.4. The van der Waals surface area contributed by atoms with Gasteiger partial charge in [0.2, 0.25) is 0 Å². The highest BCUT2D eigenvalue weighted by Crippen LogP contribution is 2.29. The molecule has 166 valence electrons. The Labute approximate surface area is 181 Å². The second kappa shape index (κ2) is 10.1. The number of ether oxygens (including phenoxy) is 2. The van der Waals surface area contributed by atoms with Crippen LogP contribution in [0.15, 0.2) is 47.1 Å². The maximum atomic E-state index is 12.8. The van der Waals surface area contributed by atoms with Gasteiger partial charge in [0.1, 0.15) is 11.8 Å². The second-order valence-corrected chi connectivity index (χ2v) is 7.88. The van der Waals surface area contributed by atoms with E-state index in [9.17, 15) is 14.4 Å². The van der Waals surface area contributed by atoms with Gasteiger partial charge in [-0.3, -0.25) is 9.59 Å². The second-order valence-electron chi connectivity index (χ2n) is 7.88. The molecule has 1 fully saturated rings. The van der Waals surface area contributed by atoms with Crippen LogP contribution in [0.1, 0.15) is 42.8 Å². The van der Waals surface area contributed by atoms with Gasteiger partial charge in [-0.25, -0.2) is 4.79 Å². The number of nitrogens with one attached hydrogen (secondary N) is 1. The molecule has 3 rings (SSSR count). The molecule has 0 aliphatic heterocycles. The number of rotatable bonds is 10. The minimum atomic E-state index is -0.888. The highest BCUT2D eigenvalue weighted by atomic mass is 16.5. The van der Waals surface area contributed by atoms with Gasteiger partial charge in [-0.15, -0.1) is 0 Å². The number of nitrogens with zero attached hydrogens (tertiary/aromatic N) is 1. The quantitative estimate of drug-likeness (QED) is 0.585. The molecule has 0 bridgehead atoms. The number of carbonyl (C=O) groups is 3. The van der Waals surface area contributed by atoms with E-state index in [0.29, 0.717) is 6.54 Å². The molecule has 1 aromatic carbocycles. The van der Waals surface area contributed by atoms with Crippen LogP contribution in [0.4, 0.5) is 0 Å². The molecule has 0 radical (unpaired) electrons. The standard InChI is InChI=1S/C23H28N2O6/c1-15(2)21(24-22(27)19-5-4-12-30-19)23(28)31-14-20(26)25(17-8-9-17)13-16-6-10-18(29-3)11-7-16/h4-7,10-12,15,17,21H,8-9,13-14H2,1-3H3,(H,24,27)/t21-/m0/s1. The summed E-state index contributed by atoms with van der Waals surface area (Å²) < 4.78 is 15.5. The Morgan fingerprint density at radius 1 is 1.16 bits per heavy atom. The molecule has 2 amide bonds. The van der Waals surface area contributed by atoms with Crippen LogP contribution in [0.25, 0.3) is 0 Å². The molecule has 1 saturated carbocycles. The van der Waals surface area contributed by atoms with Gasteiger partial charge >= 0.3 is 5.97 Å². The molecule has 1 aliphatic carbocycles. The molecule has 0 unspecified atom stereocenters. The zero-order valence-corrected chi connectivity index (χ0v) is 18.0. The number of hydrogen-bond acceptors (Lipinski definition) is 6. The predicted molar refractivity (Wildman–Crippen MR) is 112 cm³/mol. The van der Waals surface area contributed by atoms with Crippen molar-refractivity contribution in [3.8, 4) is 5.75 Å². The van der Waals surface area contributed by atoms with E-state index in [2.05, 4.69) is 5.32 Å². The SMILES string of the molecule is COc1ccc(CN(C(=O)COC(=O)[C@@H](NC(=O)c2ccco2)C(C)C)C2CC2)cc1. The summed E-state index contributed by atoms with van der Waals surface area (Å²) in [4.78, 5) is 39.3. The van der Waals surface area contributed by atoms with E-state index in [4.69, 9.17) is 13.9 Å². The number of benzene rings is 1. The number of hydrogen-bond donors (Lipinski definition) is 1. The van der Waals surface area contributed by atoms with E-state index in [1.54, 1.807) is 31.9 Å². The smallest absolute Gasteiger partial charge is 0.329 e. The van der Waals surface area contributed by atoms with E-state index in [1.165, 1.54) is 12.3 Å². The number of esters is 1. The number of amides is 2. The van der Waals surface area contributed by atoms with Crippen LogP contribution in [-0.2, 0) is 20.9 Å². The Hall–Kier alpha value is -3.29. The van der Waals surface area contributed by atoms with Crippen LogP contribution in [-0.4, -0.2) is 48.5 Å². The van der Waals surface area contributed by atoms with Crippen LogP contribution in [0, 0.1) is 5.92 Å². The summed E-state index contributed by atoms with van der Waals surface area (Å²) in [7, 11) is 1.60. The maximum absolute atomic E-state index is 12.8. The predicted octanol–water partition coefficient (Wildman–Crippen LogP) is 2.78. The van der Waals surface area contributed by atoms with E-state index >= 15 is 0 Å². The monoisotopic (exact) mass is 428 g/mol. The normalized spacial score (nSPS) is 14.1. The average Bonchev–Trinajstić information content (AvgIpc) is 3.45. The van der Waals surface area contributed by atoms with Gasteiger partial charge < -0.3 is 24.1 Å². The van der Waals surface area contributed by atoms with Crippen molar-refractivity contribution in [3.05, 3.63) is 54.0 Å². The van der Waals surface area contributed by atoms with Crippen molar-refractivity contribution in [2.24, 2.45) is 5.92 Å². The van der Waals surface area contributed by atoms with Crippen molar-refractivity contribution < 1.29 is 28.3 Å². The summed E-state index contributed by atoms with van der Waals surface area (Å²) in [6.45, 7) is 3.64. The molecule has 1 heterocycles. The third-order valence-electron chi connectivity index (χ3n) is 5.11. The summed E-state index contributed by atoms with van der Waals surface area (Å²) in [6.07, 6.45) is 3.25. The molecular weight excluding hydrogens is 400 g/mol. The molecular formula is C23H28N2O6. The van der Waals surface area contributed by atoms with Crippen LogP contribution in [0.2, 0.25) is 0 Å². The number of methoxy groups -OCH3 is 1. The van der Waals surface area contributed by atoms with E-state index < -0.39 is 17.9 Å². The van der Waals surface area contributed by atoms with E-state index in [0.717, 1.165) is 24.2 Å². The third-order valence-corrected chi connectivity index (χ3v) is 5.11. The molecule has 0 spiro atoms. The summed E-state index contributed by atoms with van der Waals surface area (Å²) in [6, 6.07) is 9.88. The summed E-state index contributed by atoms with van der Waals surface area (Å²) in [5.74, 6) is -0.784. The van der Waals surface area contributed by atoms with Gasteiger partial charge in [-0.05, 0) is 48.6 Å². The Balaban J connectivity index is 1.57. The first-order valence-electron chi connectivity index (χ1n) is 10.3. The fraction of sp³-hybridized carbons (Fsp3) is 0.435. The molecule has 1 aromatic heterocycles. The largest absolute Gasteiger partial charge is 0.497 e. The highest BCUT2D eigenvalue weighted by molar-refractivity contribution is 5.94. The van der Waals surface area contributed by atoms with E-state index in [-0.39, 0.29) is 30.2 Å². The number of furan rings is 1. The lowest BCUT2D eigenvalue weighted by Crippen LogP contribution is -2.46. The third kappa shape index (κ3) is 6.10. The van der Waals surface area contributed by atoms with Crippen molar-refractivity contribution >= 4 is 17.8 Å². The highest BCUT2D eigenvalue weighted by Gasteiger charge is 2.34. The molecule has 2 aromatic rings. The lowest BCUT2D eigenvalue weighted by atomic mass is 10.0. The first-order chi connectivity index (χ1) is 14.9. The number of carbonyl (C=O) groups excluding carboxylic acids is 3. The molecule has 1 atom stereocenters. The molecule has 31 heavy (non-hydrogen) atoms. The van der Waals surface area contributed by atoms with Gasteiger partial charge in [0, 0.05) is 12.6 Å².